The SMILES string of the molecule is CC1=CCC(C(C)C)CC1N. The lowest BCUT2D eigenvalue weighted by atomic mass is 9.80. The first-order valence-corrected chi connectivity index (χ1v) is 4.53. The summed E-state index contributed by atoms with van der Waals surface area (Å²) in [6.45, 7) is 6.71. The van der Waals surface area contributed by atoms with Gasteiger partial charge in [-0.05, 0) is 31.6 Å². The van der Waals surface area contributed by atoms with Crippen LogP contribution in [0.15, 0.2) is 11.6 Å². The van der Waals surface area contributed by atoms with Crippen LogP contribution < -0.4 is 5.73 Å². The molecule has 2 atom stereocenters. The first-order valence-electron chi connectivity index (χ1n) is 4.53. The Hall–Kier alpha value is -0.300. The fraction of sp³-hybridized carbons (Fsp3) is 0.800. The van der Waals surface area contributed by atoms with Crippen molar-refractivity contribution in [1.29, 1.82) is 0 Å². The highest BCUT2D eigenvalue weighted by atomic mass is 14.6. The minimum absolute atomic E-state index is 0.330. The van der Waals surface area contributed by atoms with Gasteiger partial charge in [0.05, 0.1) is 0 Å². The van der Waals surface area contributed by atoms with E-state index in [9.17, 15) is 0 Å². The molecule has 1 rings (SSSR count). The van der Waals surface area contributed by atoms with Gasteiger partial charge in [0, 0.05) is 6.04 Å². The topological polar surface area (TPSA) is 26.0 Å². The van der Waals surface area contributed by atoms with Gasteiger partial charge in [0.15, 0.2) is 0 Å². The normalized spacial score (nSPS) is 32.3. The van der Waals surface area contributed by atoms with Crippen molar-refractivity contribution in [3.63, 3.8) is 0 Å². The maximum Gasteiger partial charge on any atom is 0.0253 e. The Morgan fingerprint density at radius 1 is 1.55 bits per heavy atom. The largest absolute Gasteiger partial charge is 0.324 e. The van der Waals surface area contributed by atoms with Crippen LogP contribution in [0.1, 0.15) is 33.6 Å². The lowest BCUT2D eigenvalue weighted by molar-refractivity contribution is 0.332. The number of hydrogen-bond acceptors (Lipinski definition) is 1. The highest BCUT2D eigenvalue weighted by Crippen LogP contribution is 2.27. The van der Waals surface area contributed by atoms with Crippen molar-refractivity contribution in [1.82, 2.24) is 0 Å². The maximum absolute atomic E-state index is 5.94. The third-order valence-corrected chi connectivity index (χ3v) is 2.83. The molecule has 0 saturated carbocycles. The Morgan fingerprint density at radius 3 is 2.64 bits per heavy atom. The molecule has 0 aromatic carbocycles. The van der Waals surface area contributed by atoms with E-state index in [1.807, 2.05) is 0 Å². The van der Waals surface area contributed by atoms with Crippen LogP contribution >= 0.6 is 0 Å². The molecule has 0 radical (unpaired) electrons. The summed E-state index contributed by atoms with van der Waals surface area (Å²) in [6, 6.07) is 0.330. The summed E-state index contributed by atoms with van der Waals surface area (Å²) in [7, 11) is 0. The zero-order valence-electron chi connectivity index (χ0n) is 7.80. The molecule has 1 nitrogen and oxygen atoms in total. The van der Waals surface area contributed by atoms with Crippen molar-refractivity contribution in [2.24, 2.45) is 17.6 Å². The van der Waals surface area contributed by atoms with Crippen LogP contribution in [0.25, 0.3) is 0 Å². The van der Waals surface area contributed by atoms with Gasteiger partial charge in [0.25, 0.3) is 0 Å². The van der Waals surface area contributed by atoms with Gasteiger partial charge in [-0.25, -0.2) is 0 Å². The summed E-state index contributed by atoms with van der Waals surface area (Å²) in [5.41, 5.74) is 7.31. The second kappa shape index (κ2) is 3.40. The molecule has 1 aliphatic rings. The van der Waals surface area contributed by atoms with E-state index in [4.69, 9.17) is 5.73 Å². The highest BCUT2D eigenvalue weighted by Gasteiger charge is 2.20. The van der Waals surface area contributed by atoms with Crippen LogP contribution in [-0.4, -0.2) is 6.04 Å². The summed E-state index contributed by atoms with van der Waals surface area (Å²) < 4.78 is 0. The van der Waals surface area contributed by atoms with Gasteiger partial charge in [-0.2, -0.15) is 0 Å². The first-order chi connectivity index (χ1) is 5.11. The monoisotopic (exact) mass is 153 g/mol. The fourth-order valence-electron chi connectivity index (χ4n) is 1.64. The number of rotatable bonds is 1. The van der Waals surface area contributed by atoms with E-state index in [1.165, 1.54) is 18.4 Å². The standard InChI is InChI=1S/C10H19N/c1-7(2)9-5-4-8(3)10(11)6-9/h4,7,9-10H,5-6,11H2,1-3H3. The molecule has 2 unspecified atom stereocenters. The Labute approximate surface area is 69.7 Å². The molecule has 0 aliphatic heterocycles. The molecule has 0 saturated heterocycles. The van der Waals surface area contributed by atoms with Gasteiger partial charge in [0.1, 0.15) is 0 Å². The van der Waals surface area contributed by atoms with Crippen molar-refractivity contribution >= 4 is 0 Å². The molecule has 0 fully saturated rings. The Morgan fingerprint density at radius 2 is 2.18 bits per heavy atom. The fourth-order valence-corrected chi connectivity index (χ4v) is 1.64. The molecular weight excluding hydrogens is 134 g/mol. The zero-order valence-corrected chi connectivity index (χ0v) is 7.80. The zero-order chi connectivity index (χ0) is 8.43. The molecule has 0 aromatic heterocycles. The molecule has 1 aliphatic carbocycles. The molecule has 2 N–H and O–H groups in total. The smallest absolute Gasteiger partial charge is 0.0253 e. The van der Waals surface area contributed by atoms with E-state index < -0.39 is 0 Å². The molecule has 1 heteroatoms. The molecule has 0 amide bonds. The second-order valence-corrected chi connectivity index (χ2v) is 4.03. The van der Waals surface area contributed by atoms with E-state index in [1.54, 1.807) is 0 Å². The summed E-state index contributed by atoms with van der Waals surface area (Å²) in [5, 5.41) is 0. The van der Waals surface area contributed by atoms with Crippen LogP contribution in [0.3, 0.4) is 0 Å². The molecule has 64 valence electrons. The van der Waals surface area contributed by atoms with Crippen molar-refractivity contribution in [3.05, 3.63) is 11.6 Å². The number of nitrogens with two attached hydrogens (primary N) is 1. The molecule has 11 heavy (non-hydrogen) atoms. The molecule has 0 aromatic rings. The molecule has 0 spiro atoms. The van der Waals surface area contributed by atoms with E-state index in [0.717, 1.165) is 11.8 Å². The Balaban J connectivity index is 2.55. The van der Waals surface area contributed by atoms with Crippen LogP contribution in [-0.2, 0) is 0 Å². The predicted octanol–water partition coefficient (Wildman–Crippen LogP) is 2.33. The maximum atomic E-state index is 5.94. The van der Waals surface area contributed by atoms with Crippen LogP contribution in [0.4, 0.5) is 0 Å². The van der Waals surface area contributed by atoms with Gasteiger partial charge in [0.2, 0.25) is 0 Å². The minimum Gasteiger partial charge on any atom is -0.324 e. The van der Waals surface area contributed by atoms with Gasteiger partial charge in [-0.1, -0.05) is 25.5 Å². The second-order valence-electron chi connectivity index (χ2n) is 4.03. The molecule has 0 bridgehead atoms. The van der Waals surface area contributed by atoms with Crippen molar-refractivity contribution < 1.29 is 0 Å². The van der Waals surface area contributed by atoms with E-state index in [2.05, 4.69) is 26.8 Å². The van der Waals surface area contributed by atoms with Gasteiger partial charge >= 0.3 is 0 Å². The minimum atomic E-state index is 0.330. The van der Waals surface area contributed by atoms with Crippen molar-refractivity contribution in [3.8, 4) is 0 Å². The van der Waals surface area contributed by atoms with E-state index in [0.29, 0.717) is 6.04 Å². The van der Waals surface area contributed by atoms with Crippen LogP contribution in [0.5, 0.6) is 0 Å². The quantitative estimate of drug-likeness (QED) is 0.575. The third-order valence-electron chi connectivity index (χ3n) is 2.83. The molecular formula is C10H19N. The van der Waals surface area contributed by atoms with E-state index in [-0.39, 0.29) is 0 Å². The van der Waals surface area contributed by atoms with Gasteiger partial charge in [-0.15, -0.1) is 0 Å². The van der Waals surface area contributed by atoms with Crippen molar-refractivity contribution in [2.75, 3.05) is 0 Å². The number of hydrogen-bond donors (Lipinski definition) is 1. The summed E-state index contributed by atoms with van der Waals surface area (Å²) in [4.78, 5) is 0. The van der Waals surface area contributed by atoms with Crippen LogP contribution in [0, 0.1) is 11.8 Å². The predicted molar refractivity (Wildman–Crippen MR) is 49.3 cm³/mol. The van der Waals surface area contributed by atoms with Gasteiger partial charge < -0.3 is 5.73 Å². The highest BCUT2D eigenvalue weighted by molar-refractivity contribution is 5.11. The lowest BCUT2D eigenvalue weighted by Gasteiger charge is -2.28. The summed E-state index contributed by atoms with van der Waals surface area (Å²) >= 11 is 0. The summed E-state index contributed by atoms with van der Waals surface area (Å²) in [6.07, 6.45) is 4.72. The Kier molecular flexibility index (Phi) is 2.72. The molecule has 0 heterocycles. The number of allylic oxidation sites excluding steroid dienone is 1. The average Bonchev–Trinajstić information content (AvgIpc) is 1.94. The summed E-state index contributed by atoms with van der Waals surface area (Å²) in [5.74, 6) is 1.60. The third kappa shape index (κ3) is 2.06. The lowest BCUT2D eigenvalue weighted by Crippen LogP contribution is -2.29. The Bertz CT molecular complexity index is 158. The van der Waals surface area contributed by atoms with E-state index >= 15 is 0 Å². The first kappa shape index (κ1) is 8.79. The van der Waals surface area contributed by atoms with Crippen LogP contribution in [0.2, 0.25) is 0 Å². The van der Waals surface area contributed by atoms with Crippen molar-refractivity contribution in [2.45, 2.75) is 39.7 Å². The van der Waals surface area contributed by atoms with Gasteiger partial charge in [-0.3, -0.25) is 0 Å². The average molecular weight is 153 g/mol.